The Labute approximate surface area is 135 Å². The first-order valence-electron chi connectivity index (χ1n) is 9.52. The van der Waals surface area contributed by atoms with Gasteiger partial charge in [-0.25, -0.2) is 0 Å². The summed E-state index contributed by atoms with van der Waals surface area (Å²) in [5.74, 6) is 3.06. The van der Waals surface area contributed by atoms with Gasteiger partial charge in [-0.15, -0.1) is 0 Å². The average molecular weight is 300 g/mol. The molecular weight excluding hydrogens is 268 g/mol. The molecule has 4 aliphatic rings. The molecule has 4 aliphatic carbocycles. The van der Waals surface area contributed by atoms with E-state index in [4.69, 9.17) is 0 Å². The normalized spacial score (nSPS) is 49.9. The fourth-order valence-corrected chi connectivity index (χ4v) is 7.05. The van der Waals surface area contributed by atoms with E-state index in [2.05, 4.69) is 27.7 Å². The summed E-state index contributed by atoms with van der Waals surface area (Å²) in [6.45, 7) is 10.1. The smallest absolute Gasteiger partial charge is 0.155 e. The Kier molecular flexibility index (Phi) is 3.05. The minimum absolute atomic E-state index is 0.338. The number of hydrogen-bond acceptors (Lipinski definition) is 1. The topological polar surface area (TPSA) is 17.1 Å². The molecular formula is C21H32O. The standard InChI is InChI=1S/C21H32O/c1-19(2)10-8-18-16-6-5-14-13-15(22)7-11-20(14,3)17(16)9-12-21(18,19)4/h13,16-18H,5-12H2,1-4H3/t16?,17?,18?,20-,21-/m0/s1. The van der Waals surface area contributed by atoms with Gasteiger partial charge in [-0.1, -0.05) is 33.3 Å². The lowest BCUT2D eigenvalue weighted by Gasteiger charge is -2.59. The van der Waals surface area contributed by atoms with Crippen molar-refractivity contribution in [3.8, 4) is 0 Å². The van der Waals surface area contributed by atoms with Crippen LogP contribution in [0, 0.1) is 34.0 Å². The quantitative estimate of drug-likeness (QED) is 0.573. The van der Waals surface area contributed by atoms with Gasteiger partial charge >= 0.3 is 0 Å². The Hall–Kier alpha value is -0.590. The van der Waals surface area contributed by atoms with E-state index < -0.39 is 0 Å². The van der Waals surface area contributed by atoms with Gasteiger partial charge < -0.3 is 0 Å². The highest BCUT2D eigenvalue weighted by Gasteiger charge is 2.61. The lowest BCUT2D eigenvalue weighted by atomic mass is 9.45. The predicted molar refractivity (Wildman–Crippen MR) is 90.5 cm³/mol. The Morgan fingerprint density at radius 1 is 0.909 bits per heavy atom. The molecule has 3 saturated carbocycles. The van der Waals surface area contributed by atoms with E-state index in [9.17, 15) is 4.79 Å². The molecule has 0 amide bonds. The molecule has 0 aromatic carbocycles. The van der Waals surface area contributed by atoms with Crippen LogP contribution in [0.2, 0.25) is 0 Å². The van der Waals surface area contributed by atoms with Crippen LogP contribution in [0.4, 0.5) is 0 Å². The van der Waals surface area contributed by atoms with Gasteiger partial charge in [0.05, 0.1) is 0 Å². The molecule has 22 heavy (non-hydrogen) atoms. The van der Waals surface area contributed by atoms with Gasteiger partial charge in [0.25, 0.3) is 0 Å². The molecule has 0 heterocycles. The third-order valence-electron chi connectivity index (χ3n) is 8.98. The first-order valence-corrected chi connectivity index (χ1v) is 9.52. The van der Waals surface area contributed by atoms with E-state index in [1.165, 1.54) is 44.1 Å². The summed E-state index contributed by atoms with van der Waals surface area (Å²) in [4.78, 5) is 11.9. The largest absolute Gasteiger partial charge is 0.295 e. The zero-order valence-electron chi connectivity index (χ0n) is 14.9. The van der Waals surface area contributed by atoms with Crippen molar-refractivity contribution in [3.05, 3.63) is 11.6 Å². The van der Waals surface area contributed by atoms with E-state index in [1.807, 2.05) is 6.08 Å². The molecule has 0 aromatic heterocycles. The molecule has 122 valence electrons. The maximum absolute atomic E-state index is 11.9. The van der Waals surface area contributed by atoms with E-state index in [0.29, 0.717) is 22.0 Å². The zero-order valence-corrected chi connectivity index (χ0v) is 14.9. The van der Waals surface area contributed by atoms with Crippen LogP contribution in [0.15, 0.2) is 11.6 Å². The van der Waals surface area contributed by atoms with Crippen molar-refractivity contribution in [1.29, 1.82) is 0 Å². The first kappa shape index (κ1) is 15.0. The highest BCUT2D eigenvalue weighted by molar-refractivity contribution is 5.91. The number of carbonyl (C=O) groups excluding carboxylic acids is 1. The summed E-state index contributed by atoms with van der Waals surface area (Å²) in [5.41, 5.74) is 2.91. The number of rotatable bonds is 0. The maximum atomic E-state index is 11.9. The zero-order chi connectivity index (χ0) is 15.8. The molecule has 1 nitrogen and oxygen atoms in total. The Morgan fingerprint density at radius 3 is 2.41 bits per heavy atom. The van der Waals surface area contributed by atoms with Gasteiger partial charge in [-0.3, -0.25) is 4.79 Å². The minimum atomic E-state index is 0.338. The Morgan fingerprint density at radius 2 is 1.64 bits per heavy atom. The van der Waals surface area contributed by atoms with Crippen molar-refractivity contribution < 1.29 is 4.79 Å². The minimum Gasteiger partial charge on any atom is -0.295 e. The second-order valence-electron chi connectivity index (χ2n) is 9.85. The van der Waals surface area contributed by atoms with Crippen molar-refractivity contribution in [2.24, 2.45) is 34.0 Å². The predicted octanol–water partition coefficient (Wildman–Crippen LogP) is 5.54. The fraction of sp³-hybridized carbons (Fsp3) is 0.857. The molecule has 0 aromatic rings. The van der Waals surface area contributed by atoms with Crippen LogP contribution in [-0.4, -0.2) is 5.78 Å². The van der Waals surface area contributed by atoms with Gasteiger partial charge in [0, 0.05) is 6.42 Å². The summed E-state index contributed by atoms with van der Waals surface area (Å²) in [6.07, 6.45) is 12.1. The van der Waals surface area contributed by atoms with Crippen LogP contribution in [0.1, 0.15) is 79.1 Å². The van der Waals surface area contributed by atoms with Crippen LogP contribution in [0.25, 0.3) is 0 Å². The van der Waals surface area contributed by atoms with Gasteiger partial charge in [0.2, 0.25) is 0 Å². The molecule has 0 spiro atoms. The van der Waals surface area contributed by atoms with E-state index in [-0.39, 0.29) is 0 Å². The van der Waals surface area contributed by atoms with Crippen molar-refractivity contribution in [2.45, 2.75) is 79.1 Å². The fourth-order valence-electron chi connectivity index (χ4n) is 7.05. The second kappa shape index (κ2) is 4.48. The molecule has 0 bridgehead atoms. The van der Waals surface area contributed by atoms with Crippen molar-refractivity contribution in [1.82, 2.24) is 0 Å². The molecule has 0 aliphatic heterocycles. The van der Waals surface area contributed by atoms with Gasteiger partial charge in [0.15, 0.2) is 5.78 Å². The summed E-state index contributed by atoms with van der Waals surface area (Å²) < 4.78 is 0. The lowest BCUT2D eigenvalue weighted by Crippen LogP contribution is -2.51. The summed E-state index contributed by atoms with van der Waals surface area (Å²) in [7, 11) is 0. The first-order chi connectivity index (χ1) is 10.3. The van der Waals surface area contributed by atoms with E-state index in [0.717, 1.165) is 30.6 Å². The van der Waals surface area contributed by atoms with Crippen molar-refractivity contribution in [3.63, 3.8) is 0 Å². The third kappa shape index (κ3) is 1.74. The highest BCUT2D eigenvalue weighted by atomic mass is 16.1. The van der Waals surface area contributed by atoms with Gasteiger partial charge in [-0.05, 0) is 85.0 Å². The van der Waals surface area contributed by atoms with Crippen LogP contribution in [0.3, 0.4) is 0 Å². The maximum Gasteiger partial charge on any atom is 0.155 e. The van der Waals surface area contributed by atoms with Crippen LogP contribution in [0.5, 0.6) is 0 Å². The Balaban J connectivity index is 1.70. The molecule has 1 heteroatoms. The Bertz CT molecular complexity index is 542. The number of carbonyl (C=O) groups is 1. The van der Waals surface area contributed by atoms with Gasteiger partial charge in [0.1, 0.15) is 0 Å². The SMILES string of the molecule is CC1(C)CCC2C3CCC4=CC(=O)CC[C@]4(C)C3CC[C@@]21C. The van der Waals surface area contributed by atoms with Crippen LogP contribution in [-0.2, 0) is 4.79 Å². The molecule has 4 rings (SSSR count). The van der Waals surface area contributed by atoms with E-state index >= 15 is 0 Å². The van der Waals surface area contributed by atoms with Crippen molar-refractivity contribution in [2.75, 3.05) is 0 Å². The highest BCUT2D eigenvalue weighted by Crippen LogP contribution is 2.69. The molecule has 0 N–H and O–H groups in total. The van der Waals surface area contributed by atoms with Crippen molar-refractivity contribution >= 4 is 5.78 Å². The molecule has 0 radical (unpaired) electrons. The molecule has 0 saturated heterocycles. The second-order valence-corrected chi connectivity index (χ2v) is 9.85. The average Bonchev–Trinajstić information content (AvgIpc) is 2.70. The van der Waals surface area contributed by atoms with Crippen LogP contribution >= 0.6 is 0 Å². The molecule has 3 fully saturated rings. The van der Waals surface area contributed by atoms with Gasteiger partial charge in [-0.2, -0.15) is 0 Å². The summed E-state index contributed by atoms with van der Waals surface area (Å²) in [5, 5.41) is 0. The summed E-state index contributed by atoms with van der Waals surface area (Å²) in [6, 6.07) is 0. The van der Waals surface area contributed by atoms with E-state index in [1.54, 1.807) is 0 Å². The molecule has 3 unspecified atom stereocenters. The third-order valence-corrected chi connectivity index (χ3v) is 8.98. The number of allylic oxidation sites excluding steroid dienone is 1. The van der Waals surface area contributed by atoms with Crippen LogP contribution < -0.4 is 0 Å². The monoisotopic (exact) mass is 300 g/mol. The summed E-state index contributed by atoms with van der Waals surface area (Å²) >= 11 is 0. The lowest BCUT2D eigenvalue weighted by molar-refractivity contribution is -0.118. The number of fused-ring (bicyclic) bond motifs is 5. The number of hydrogen-bond donors (Lipinski definition) is 0. The molecule has 5 atom stereocenters. The number of ketones is 1.